The lowest BCUT2D eigenvalue weighted by Gasteiger charge is -2.27. The molecule has 0 bridgehead atoms. The van der Waals surface area contributed by atoms with Gasteiger partial charge in [-0.05, 0) is 51.1 Å². The molecule has 0 saturated heterocycles. The minimum Gasteiger partial charge on any atom is -0.490 e. The monoisotopic (exact) mass is 393 g/mol. The third-order valence-electron chi connectivity index (χ3n) is 4.03. The molecule has 29 heavy (non-hydrogen) atoms. The summed E-state index contributed by atoms with van der Waals surface area (Å²) in [4.78, 5) is 33.1. The number of nitrogen functional groups attached to an aromatic ring is 1. The number of hydrogen-bond donors (Lipinski definition) is 2. The molecule has 3 N–H and O–H groups in total. The molecular formula is C22H23N3O4. The number of benzene rings is 2. The number of nitrogens with zero attached hydrogens (tertiary/aromatic N) is 1. The van der Waals surface area contributed by atoms with Gasteiger partial charge in [0.15, 0.2) is 0 Å². The summed E-state index contributed by atoms with van der Waals surface area (Å²) < 4.78 is 6.01. The van der Waals surface area contributed by atoms with Crippen molar-refractivity contribution >= 4 is 28.6 Å². The second-order valence-corrected chi connectivity index (χ2v) is 7.08. The number of ether oxygens (including phenoxy) is 1. The first-order chi connectivity index (χ1) is 13.8. The Morgan fingerprint density at radius 1 is 1.14 bits per heavy atom. The van der Waals surface area contributed by atoms with Gasteiger partial charge in [0.1, 0.15) is 12.4 Å². The number of carbonyl (C=O) groups is 1. The largest absolute Gasteiger partial charge is 0.490 e. The predicted molar refractivity (Wildman–Crippen MR) is 109 cm³/mol. The van der Waals surface area contributed by atoms with E-state index in [1.165, 1.54) is 0 Å². The number of rotatable bonds is 5. The molecule has 0 aliphatic rings. The van der Waals surface area contributed by atoms with Crippen LogP contribution in [0.1, 0.15) is 29.9 Å². The van der Waals surface area contributed by atoms with Gasteiger partial charge in [0, 0.05) is 16.9 Å². The van der Waals surface area contributed by atoms with Crippen molar-refractivity contribution in [1.29, 1.82) is 0 Å². The molecule has 1 heterocycles. The van der Waals surface area contributed by atoms with E-state index in [9.17, 15) is 4.79 Å². The van der Waals surface area contributed by atoms with E-state index >= 15 is 0 Å². The van der Waals surface area contributed by atoms with Crippen LogP contribution in [0.15, 0.2) is 54.6 Å². The summed E-state index contributed by atoms with van der Waals surface area (Å²) in [6.45, 7) is 6.05. The second-order valence-electron chi connectivity index (χ2n) is 7.08. The van der Waals surface area contributed by atoms with E-state index in [2.05, 4.69) is 10.3 Å². The van der Waals surface area contributed by atoms with Crippen molar-refractivity contribution in [3.05, 3.63) is 65.9 Å². The quantitative estimate of drug-likeness (QED) is 0.689. The van der Waals surface area contributed by atoms with Gasteiger partial charge < -0.3 is 15.8 Å². The first kappa shape index (κ1) is 21.6. The summed E-state index contributed by atoms with van der Waals surface area (Å²) >= 11 is 0. The molecule has 2 aromatic carbocycles. The number of carbonyl (C=O) groups excluding carboxylic acids is 3. The maximum Gasteiger partial charge on any atom is 0.373 e. The van der Waals surface area contributed by atoms with Gasteiger partial charge in [-0.3, -0.25) is 9.78 Å². The van der Waals surface area contributed by atoms with E-state index in [0.717, 1.165) is 16.6 Å². The Hall–Kier alpha value is -3.70. The van der Waals surface area contributed by atoms with E-state index in [1.807, 2.05) is 63.2 Å². The summed E-state index contributed by atoms with van der Waals surface area (Å²) in [6, 6.07) is 16.6. The molecule has 0 unspecified atom stereocenters. The van der Waals surface area contributed by atoms with Crippen molar-refractivity contribution in [2.45, 2.75) is 26.3 Å². The lowest BCUT2D eigenvalue weighted by molar-refractivity contribution is -0.191. The number of nitrogens with two attached hydrogens (primary N) is 1. The molecule has 7 nitrogen and oxygen atoms in total. The zero-order valence-corrected chi connectivity index (χ0v) is 16.6. The van der Waals surface area contributed by atoms with E-state index in [1.54, 1.807) is 12.1 Å². The van der Waals surface area contributed by atoms with Crippen LogP contribution in [0.4, 0.5) is 5.69 Å². The average Bonchev–Trinajstić information content (AvgIpc) is 2.67. The fraction of sp³-hybridized carbons (Fsp3) is 0.227. The van der Waals surface area contributed by atoms with Crippen LogP contribution >= 0.6 is 0 Å². The lowest BCUT2D eigenvalue weighted by Crippen LogP contribution is -2.47. The van der Waals surface area contributed by atoms with E-state index in [0.29, 0.717) is 23.6 Å². The van der Waals surface area contributed by atoms with Gasteiger partial charge in [-0.15, -0.1) is 0 Å². The third kappa shape index (κ3) is 5.89. The van der Waals surface area contributed by atoms with Crippen LogP contribution < -0.4 is 15.8 Å². The molecule has 0 atom stereocenters. The Morgan fingerprint density at radius 2 is 1.79 bits per heavy atom. The fourth-order valence-electron chi connectivity index (χ4n) is 2.81. The highest BCUT2D eigenvalue weighted by molar-refractivity contribution is 5.96. The fourth-order valence-corrected chi connectivity index (χ4v) is 2.81. The van der Waals surface area contributed by atoms with Crippen LogP contribution in [-0.4, -0.2) is 29.2 Å². The number of pyridine rings is 1. The third-order valence-corrected chi connectivity index (χ3v) is 4.03. The van der Waals surface area contributed by atoms with Crippen molar-refractivity contribution in [1.82, 2.24) is 10.3 Å². The van der Waals surface area contributed by atoms with Crippen molar-refractivity contribution in [2.75, 3.05) is 12.3 Å². The molecule has 3 aromatic rings. The molecule has 7 heteroatoms. The summed E-state index contributed by atoms with van der Waals surface area (Å²) in [5.41, 5.74) is 8.53. The average molecular weight is 393 g/mol. The Kier molecular flexibility index (Phi) is 7.06. The number of nitrogens with one attached hydrogen (secondary N) is 1. The van der Waals surface area contributed by atoms with Crippen molar-refractivity contribution < 1.29 is 19.1 Å². The van der Waals surface area contributed by atoms with E-state index in [-0.39, 0.29) is 12.1 Å². The number of aromatic nitrogens is 1. The molecular weight excluding hydrogens is 370 g/mol. The highest BCUT2D eigenvalue weighted by Crippen LogP contribution is 2.30. The first-order valence-corrected chi connectivity index (χ1v) is 8.93. The number of fused-ring (bicyclic) bond motifs is 1. The number of anilines is 1. The molecule has 0 spiro atoms. The van der Waals surface area contributed by atoms with Crippen LogP contribution in [0.3, 0.4) is 0 Å². The maximum absolute atomic E-state index is 12.4. The topological polar surface area (TPSA) is 111 Å². The Balaban J connectivity index is 0.000000941. The molecule has 0 fully saturated rings. The van der Waals surface area contributed by atoms with E-state index < -0.39 is 5.54 Å². The number of hydrogen-bond acceptors (Lipinski definition) is 6. The summed E-state index contributed by atoms with van der Waals surface area (Å²) in [5, 5.41) is 3.80. The normalized spacial score (nSPS) is 10.4. The highest BCUT2D eigenvalue weighted by atomic mass is 16.5. The summed E-state index contributed by atoms with van der Waals surface area (Å²) in [6.07, 6.45) is 0.250. The predicted octanol–water partition coefficient (Wildman–Crippen LogP) is 3.13. The Bertz CT molecular complexity index is 1030. The van der Waals surface area contributed by atoms with Gasteiger partial charge in [-0.25, -0.2) is 0 Å². The minimum atomic E-state index is -0.554. The maximum atomic E-state index is 12.4. The summed E-state index contributed by atoms with van der Waals surface area (Å²) in [7, 11) is 0. The van der Waals surface area contributed by atoms with Crippen LogP contribution in [0.5, 0.6) is 5.75 Å². The first-order valence-electron chi connectivity index (χ1n) is 8.93. The molecule has 150 valence electrons. The molecule has 1 amide bonds. The van der Waals surface area contributed by atoms with Crippen LogP contribution in [0, 0.1) is 6.92 Å². The van der Waals surface area contributed by atoms with Crippen LogP contribution in [0.2, 0.25) is 0 Å². The smallest absolute Gasteiger partial charge is 0.373 e. The van der Waals surface area contributed by atoms with Gasteiger partial charge in [-0.2, -0.15) is 9.59 Å². The Labute approximate surface area is 168 Å². The zero-order valence-electron chi connectivity index (χ0n) is 16.6. The molecule has 1 aromatic heterocycles. The van der Waals surface area contributed by atoms with Gasteiger partial charge >= 0.3 is 6.15 Å². The summed E-state index contributed by atoms with van der Waals surface area (Å²) in [5.74, 6) is 0.531. The Morgan fingerprint density at radius 3 is 2.45 bits per heavy atom. The second kappa shape index (κ2) is 9.48. The van der Waals surface area contributed by atoms with Gasteiger partial charge in [0.05, 0.1) is 16.4 Å². The van der Waals surface area contributed by atoms with E-state index in [4.69, 9.17) is 20.1 Å². The SMILES string of the molecule is Cc1cc(N)c2c(OCC(C)(C)NC(=O)c3ccccc3)cccc2n1.O=C=O. The molecule has 0 aliphatic heterocycles. The molecule has 0 aliphatic carbocycles. The van der Waals surface area contributed by atoms with Crippen molar-refractivity contribution in [2.24, 2.45) is 0 Å². The highest BCUT2D eigenvalue weighted by Gasteiger charge is 2.23. The van der Waals surface area contributed by atoms with Gasteiger partial charge in [-0.1, -0.05) is 24.3 Å². The number of aryl methyl sites for hydroxylation is 1. The van der Waals surface area contributed by atoms with Crippen LogP contribution in [0.25, 0.3) is 10.9 Å². The molecule has 0 radical (unpaired) electrons. The van der Waals surface area contributed by atoms with Gasteiger partial charge in [0.2, 0.25) is 0 Å². The van der Waals surface area contributed by atoms with Gasteiger partial charge in [0.25, 0.3) is 5.91 Å². The molecule has 0 saturated carbocycles. The standard InChI is InChI=1S/C21H23N3O2.CO2/c1-14-12-16(22)19-17(23-14)10-7-11-18(19)26-13-21(2,3)24-20(25)15-8-5-4-6-9-15;2-1-3/h4-12H,13H2,1-3H3,(H2,22,23)(H,24,25);. The van der Waals surface area contributed by atoms with Crippen molar-refractivity contribution in [3.63, 3.8) is 0 Å². The van der Waals surface area contributed by atoms with Crippen LogP contribution in [-0.2, 0) is 9.59 Å². The van der Waals surface area contributed by atoms with Crippen molar-refractivity contribution in [3.8, 4) is 5.75 Å². The minimum absolute atomic E-state index is 0.131. The zero-order chi connectivity index (χ0) is 21.4. The lowest BCUT2D eigenvalue weighted by atomic mass is 10.1. The molecule has 3 rings (SSSR count). The number of amides is 1.